The van der Waals surface area contributed by atoms with Crippen molar-refractivity contribution in [1.82, 2.24) is 0 Å². The Morgan fingerprint density at radius 2 is 1.81 bits per heavy atom. The lowest BCUT2D eigenvalue weighted by molar-refractivity contribution is -0.189. The first-order valence-electron chi connectivity index (χ1n) is 11.7. The number of benzene rings is 1. The number of anilines is 1. The van der Waals surface area contributed by atoms with Gasteiger partial charge in [0.05, 0.1) is 17.6 Å². The van der Waals surface area contributed by atoms with Gasteiger partial charge in [0.15, 0.2) is 34.7 Å². The van der Waals surface area contributed by atoms with Crippen molar-refractivity contribution in [2.75, 3.05) is 5.32 Å². The molecule has 192 valence electrons. The van der Waals surface area contributed by atoms with Crippen molar-refractivity contribution >= 4 is 40.6 Å². The van der Waals surface area contributed by atoms with E-state index in [0.29, 0.717) is 0 Å². The van der Waals surface area contributed by atoms with E-state index in [9.17, 15) is 44.1 Å². The molecule has 0 bridgehead atoms. The number of ketones is 4. The predicted octanol–water partition coefficient (Wildman–Crippen LogP) is -0.157. The van der Waals surface area contributed by atoms with Crippen molar-refractivity contribution in [3.05, 3.63) is 23.3 Å². The van der Waals surface area contributed by atoms with Gasteiger partial charge in [-0.3, -0.25) is 28.8 Å². The molecule has 2 unspecified atom stereocenters. The van der Waals surface area contributed by atoms with Gasteiger partial charge in [-0.15, -0.1) is 0 Å². The number of nitrogens with one attached hydrogen (secondary N) is 1. The lowest BCUT2D eigenvalue weighted by Gasteiger charge is -2.53. The van der Waals surface area contributed by atoms with Crippen molar-refractivity contribution in [3.8, 4) is 5.75 Å². The highest BCUT2D eigenvalue weighted by Crippen LogP contribution is 2.55. The number of phenolic OH excluding ortho intramolecular Hbond substituents is 1. The Balaban J connectivity index is 1.85. The van der Waals surface area contributed by atoms with Gasteiger partial charge in [-0.25, -0.2) is 0 Å². The molecule has 2 amide bonds. The van der Waals surface area contributed by atoms with Crippen LogP contribution in [0.3, 0.4) is 0 Å². The summed E-state index contributed by atoms with van der Waals surface area (Å²) in [7, 11) is 0. The van der Waals surface area contributed by atoms with E-state index < -0.39 is 82.5 Å². The number of Topliss-reactive ketones (excluding diaryl/α,β-unsaturated/α-hetero) is 4. The standard InChI is InChI=1S/C25H28N2O9/c1-8(2)6-14(30)27-11-4-5-12(28)17-15(11)9(3)16-19(21(17)32)23(34)25(36)10(20(16)31)7-13(29)18(22(25)33)24(26)35/h4-5,8-10,16,18-20,28,31,36H,6-7H2,1-3H3,(H2,26,35)(H,27,30)/t9-,10+,16+,18?,19?,20+,25+/m0/s1. The zero-order valence-corrected chi connectivity index (χ0v) is 20.0. The van der Waals surface area contributed by atoms with E-state index in [0.717, 1.165) is 0 Å². The molecule has 0 aromatic heterocycles. The maximum Gasteiger partial charge on any atom is 0.235 e. The zero-order chi connectivity index (χ0) is 26.9. The van der Waals surface area contributed by atoms with Crippen LogP contribution in [0.1, 0.15) is 55.5 Å². The summed E-state index contributed by atoms with van der Waals surface area (Å²) in [6.45, 7) is 5.28. The SMILES string of the molecule is CC(C)CC(=O)Nc1ccc(O)c2c1[C@H](C)[C@@H]1C(C2=O)C(=O)[C@]2(O)C(=O)C(C(N)=O)C(=O)C[C@@H]2[C@H]1O. The topological polar surface area (TPSA) is 201 Å². The number of aliphatic hydroxyl groups is 2. The van der Waals surface area contributed by atoms with Gasteiger partial charge in [0, 0.05) is 30.4 Å². The molecule has 1 aromatic carbocycles. The van der Waals surface area contributed by atoms with E-state index in [2.05, 4.69) is 5.32 Å². The third-order valence-electron chi connectivity index (χ3n) is 7.70. The number of hydrogen-bond donors (Lipinski definition) is 5. The molecule has 0 spiro atoms. The third-order valence-corrected chi connectivity index (χ3v) is 7.70. The van der Waals surface area contributed by atoms with Crippen LogP contribution in [0.15, 0.2) is 12.1 Å². The molecule has 3 aliphatic carbocycles. The number of aromatic hydroxyl groups is 1. The number of phenols is 1. The van der Waals surface area contributed by atoms with Crippen LogP contribution in [0, 0.1) is 29.6 Å². The third kappa shape index (κ3) is 3.48. The van der Waals surface area contributed by atoms with Gasteiger partial charge in [-0.2, -0.15) is 0 Å². The fraction of sp³-hybridized carbons (Fsp3) is 0.520. The van der Waals surface area contributed by atoms with Crippen LogP contribution >= 0.6 is 0 Å². The Bertz CT molecular complexity index is 1220. The maximum absolute atomic E-state index is 13.6. The summed E-state index contributed by atoms with van der Waals surface area (Å²) in [6.07, 6.45) is -2.16. The highest BCUT2D eigenvalue weighted by molar-refractivity contribution is 6.31. The van der Waals surface area contributed by atoms with Crippen molar-refractivity contribution < 1.29 is 44.1 Å². The average Bonchev–Trinajstić information content (AvgIpc) is 2.77. The minimum Gasteiger partial charge on any atom is -0.507 e. The molecule has 11 nitrogen and oxygen atoms in total. The van der Waals surface area contributed by atoms with Crippen LogP contribution < -0.4 is 11.1 Å². The van der Waals surface area contributed by atoms with Crippen LogP contribution in [0.25, 0.3) is 0 Å². The second kappa shape index (κ2) is 8.59. The molecular formula is C25H28N2O9. The van der Waals surface area contributed by atoms with Crippen molar-refractivity contribution in [3.63, 3.8) is 0 Å². The van der Waals surface area contributed by atoms with Crippen LogP contribution in [0.2, 0.25) is 0 Å². The van der Waals surface area contributed by atoms with E-state index in [1.807, 2.05) is 13.8 Å². The zero-order valence-electron chi connectivity index (χ0n) is 20.0. The lowest BCUT2D eigenvalue weighted by Crippen LogP contribution is -2.72. The van der Waals surface area contributed by atoms with Gasteiger partial charge in [-0.05, 0) is 29.5 Å². The molecule has 4 rings (SSSR count). The second-order valence-corrected chi connectivity index (χ2v) is 10.4. The molecule has 6 N–H and O–H groups in total. The molecule has 36 heavy (non-hydrogen) atoms. The molecule has 1 aromatic rings. The molecule has 2 fully saturated rings. The van der Waals surface area contributed by atoms with E-state index in [4.69, 9.17) is 5.73 Å². The van der Waals surface area contributed by atoms with E-state index in [1.54, 1.807) is 6.92 Å². The Hall–Kier alpha value is -3.44. The second-order valence-electron chi connectivity index (χ2n) is 10.4. The van der Waals surface area contributed by atoms with Gasteiger partial charge < -0.3 is 26.4 Å². The number of carbonyl (C=O) groups excluding carboxylic acids is 6. The number of rotatable bonds is 4. The summed E-state index contributed by atoms with van der Waals surface area (Å²) in [5.41, 5.74) is 2.35. The number of primary amides is 1. The highest BCUT2D eigenvalue weighted by atomic mass is 16.3. The lowest BCUT2D eigenvalue weighted by atomic mass is 9.50. The predicted molar refractivity (Wildman–Crippen MR) is 123 cm³/mol. The van der Waals surface area contributed by atoms with Crippen molar-refractivity contribution in [1.29, 1.82) is 0 Å². The minimum absolute atomic E-state index is 0.0439. The number of nitrogens with two attached hydrogens (primary N) is 1. The van der Waals surface area contributed by atoms with E-state index >= 15 is 0 Å². The van der Waals surface area contributed by atoms with Crippen LogP contribution in [-0.2, 0) is 24.0 Å². The van der Waals surface area contributed by atoms with E-state index in [1.165, 1.54) is 12.1 Å². The number of fused-ring (bicyclic) bond motifs is 3. The fourth-order valence-corrected chi connectivity index (χ4v) is 6.12. The summed E-state index contributed by atoms with van der Waals surface area (Å²) < 4.78 is 0. The Morgan fingerprint density at radius 3 is 2.39 bits per heavy atom. The molecule has 0 saturated heterocycles. The first-order valence-corrected chi connectivity index (χ1v) is 11.7. The molecule has 3 aliphatic rings. The number of hydrogen-bond acceptors (Lipinski definition) is 9. The molecule has 0 aliphatic heterocycles. The van der Waals surface area contributed by atoms with Crippen LogP contribution in [-0.4, -0.2) is 62.0 Å². The average molecular weight is 501 g/mol. The van der Waals surface area contributed by atoms with Gasteiger partial charge in [0.25, 0.3) is 0 Å². The minimum atomic E-state index is -2.97. The van der Waals surface area contributed by atoms with Crippen molar-refractivity contribution in [2.45, 2.75) is 51.2 Å². The van der Waals surface area contributed by atoms with Crippen LogP contribution in [0.4, 0.5) is 5.69 Å². The molecule has 2 saturated carbocycles. The molecule has 7 atom stereocenters. The van der Waals surface area contributed by atoms with Crippen molar-refractivity contribution in [2.24, 2.45) is 35.3 Å². The summed E-state index contributed by atoms with van der Waals surface area (Å²) in [5.74, 6) is -14.1. The Morgan fingerprint density at radius 1 is 1.17 bits per heavy atom. The fourth-order valence-electron chi connectivity index (χ4n) is 6.12. The van der Waals surface area contributed by atoms with Gasteiger partial charge in [0.1, 0.15) is 5.75 Å². The monoisotopic (exact) mass is 500 g/mol. The van der Waals surface area contributed by atoms with Crippen LogP contribution in [0.5, 0.6) is 5.75 Å². The smallest absolute Gasteiger partial charge is 0.235 e. The molecule has 11 heteroatoms. The molecular weight excluding hydrogens is 472 g/mol. The number of carbonyl (C=O) groups is 6. The largest absolute Gasteiger partial charge is 0.507 e. The first-order chi connectivity index (χ1) is 16.7. The Labute approximate surface area is 206 Å². The van der Waals surface area contributed by atoms with Gasteiger partial charge in [0.2, 0.25) is 11.8 Å². The Kier molecular flexibility index (Phi) is 6.12. The number of amides is 2. The highest BCUT2D eigenvalue weighted by Gasteiger charge is 2.70. The maximum atomic E-state index is 13.6. The van der Waals surface area contributed by atoms with Gasteiger partial charge in [-0.1, -0.05) is 20.8 Å². The summed E-state index contributed by atoms with van der Waals surface area (Å²) in [4.78, 5) is 76.9. The number of aliphatic hydroxyl groups excluding tert-OH is 1. The first kappa shape index (κ1) is 25.6. The summed E-state index contributed by atoms with van der Waals surface area (Å²) >= 11 is 0. The molecule has 0 radical (unpaired) electrons. The summed E-state index contributed by atoms with van der Waals surface area (Å²) in [5, 5.41) is 35.8. The van der Waals surface area contributed by atoms with E-state index in [-0.39, 0.29) is 35.1 Å². The van der Waals surface area contributed by atoms with Gasteiger partial charge >= 0.3 is 0 Å². The quantitative estimate of drug-likeness (QED) is 0.275. The normalized spacial score (nSPS) is 33.6. The summed E-state index contributed by atoms with van der Waals surface area (Å²) in [6, 6.07) is 2.60. The molecule has 0 heterocycles.